The summed E-state index contributed by atoms with van der Waals surface area (Å²) in [4.78, 5) is 12.4. The largest absolute Gasteiger partial charge is 0.493 e. The number of rotatable bonds is 6. The van der Waals surface area contributed by atoms with Gasteiger partial charge in [0.1, 0.15) is 0 Å². The van der Waals surface area contributed by atoms with Crippen LogP contribution in [0.4, 0.5) is 0 Å². The maximum Gasteiger partial charge on any atom is 0.251 e. The number of benzene rings is 2. The maximum atomic E-state index is 12.4. The SMILES string of the molecule is COc1cc(C(=O)NCc2ccc3c(c2)OCO3)ccc1OC(C)C. The van der Waals surface area contributed by atoms with E-state index in [0.29, 0.717) is 29.4 Å². The maximum absolute atomic E-state index is 12.4. The highest BCUT2D eigenvalue weighted by Gasteiger charge is 2.15. The third-order valence-electron chi connectivity index (χ3n) is 3.68. The van der Waals surface area contributed by atoms with Gasteiger partial charge >= 0.3 is 0 Å². The Balaban J connectivity index is 1.66. The van der Waals surface area contributed by atoms with Gasteiger partial charge in [-0.25, -0.2) is 0 Å². The Bertz CT molecular complexity index is 772. The van der Waals surface area contributed by atoms with Gasteiger partial charge in [0.05, 0.1) is 13.2 Å². The van der Waals surface area contributed by atoms with Crippen LogP contribution in [0.5, 0.6) is 23.0 Å². The van der Waals surface area contributed by atoms with Gasteiger partial charge in [0.25, 0.3) is 5.91 Å². The molecule has 0 saturated carbocycles. The predicted molar refractivity (Wildman–Crippen MR) is 92.5 cm³/mol. The van der Waals surface area contributed by atoms with Gasteiger partial charge in [-0.1, -0.05) is 6.07 Å². The number of methoxy groups -OCH3 is 1. The number of amides is 1. The van der Waals surface area contributed by atoms with Crippen LogP contribution in [0.3, 0.4) is 0 Å². The predicted octanol–water partition coefficient (Wildman–Crippen LogP) is 3.14. The fourth-order valence-electron chi connectivity index (χ4n) is 2.50. The van der Waals surface area contributed by atoms with Gasteiger partial charge in [-0.3, -0.25) is 4.79 Å². The van der Waals surface area contributed by atoms with E-state index in [2.05, 4.69) is 5.32 Å². The van der Waals surface area contributed by atoms with E-state index in [-0.39, 0.29) is 18.8 Å². The van der Waals surface area contributed by atoms with Crippen LogP contribution in [-0.4, -0.2) is 25.9 Å². The molecule has 1 amide bonds. The van der Waals surface area contributed by atoms with Crippen molar-refractivity contribution in [2.75, 3.05) is 13.9 Å². The summed E-state index contributed by atoms with van der Waals surface area (Å²) in [6.07, 6.45) is 0.0274. The summed E-state index contributed by atoms with van der Waals surface area (Å²) in [7, 11) is 1.55. The normalized spacial score (nSPS) is 12.2. The molecule has 0 aromatic heterocycles. The Morgan fingerprint density at radius 1 is 1.12 bits per heavy atom. The highest BCUT2D eigenvalue weighted by Crippen LogP contribution is 2.32. The van der Waals surface area contributed by atoms with Gasteiger partial charge in [0, 0.05) is 12.1 Å². The quantitative estimate of drug-likeness (QED) is 0.873. The molecule has 3 rings (SSSR count). The second kappa shape index (κ2) is 7.34. The summed E-state index contributed by atoms with van der Waals surface area (Å²) in [5.74, 6) is 2.38. The molecular weight excluding hydrogens is 322 g/mol. The van der Waals surface area contributed by atoms with Crippen LogP contribution in [0.1, 0.15) is 29.8 Å². The Morgan fingerprint density at radius 2 is 1.92 bits per heavy atom. The first kappa shape index (κ1) is 17.0. The summed E-state index contributed by atoms with van der Waals surface area (Å²) in [6, 6.07) is 10.7. The summed E-state index contributed by atoms with van der Waals surface area (Å²) >= 11 is 0. The van der Waals surface area contributed by atoms with Gasteiger partial charge in [-0.05, 0) is 49.7 Å². The summed E-state index contributed by atoms with van der Waals surface area (Å²) in [6.45, 7) is 4.49. The van der Waals surface area contributed by atoms with Crippen LogP contribution < -0.4 is 24.3 Å². The van der Waals surface area contributed by atoms with Gasteiger partial charge in [-0.2, -0.15) is 0 Å². The standard InChI is InChI=1S/C19H21NO5/c1-12(2)25-16-7-5-14(9-17(16)22-3)19(21)20-10-13-4-6-15-18(8-13)24-11-23-15/h4-9,12H,10-11H2,1-3H3,(H,20,21). The molecule has 1 heterocycles. The summed E-state index contributed by atoms with van der Waals surface area (Å²) in [5, 5.41) is 2.89. The van der Waals surface area contributed by atoms with E-state index in [1.165, 1.54) is 0 Å². The first-order chi connectivity index (χ1) is 12.1. The number of hydrogen-bond donors (Lipinski definition) is 1. The Morgan fingerprint density at radius 3 is 2.68 bits per heavy atom. The zero-order valence-electron chi connectivity index (χ0n) is 14.5. The zero-order chi connectivity index (χ0) is 17.8. The molecule has 6 nitrogen and oxygen atoms in total. The highest BCUT2D eigenvalue weighted by molar-refractivity contribution is 5.94. The molecule has 0 spiro atoms. The number of hydrogen-bond acceptors (Lipinski definition) is 5. The molecule has 0 saturated heterocycles. The van der Waals surface area contributed by atoms with Crippen molar-refractivity contribution in [2.45, 2.75) is 26.5 Å². The molecule has 1 aliphatic rings. The van der Waals surface area contributed by atoms with Crippen molar-refractivity contribution in [1.82, 2.24) is 5.32 Å². The Hall–Kier alpha value is -2.89. The van der Waals surface area contributed by atoms with E-state index in [4.69, 9.17) is 18.9 Å². The average molecular weight is 343 g/mol. The molecule has 0 unspecified atom stereocenters. The van der Waals surface area contributed by atoms with Crippen LogP contribution in [0.2, 0.25) is 0 Å². The molecule has 1 N–H and O–H groups in total. The molecule has 0 aliphatic carbocycles. The molecular formula is C19H21NO5. The zero-order valence-corrected chi connectivity index (χ0v) is 14.5. The van der Waals surface area contributed by atoms with E-state index in [0.717, 1.165) is 11.3 Å². The smallest absolute Gasteiger partial charge is 0.251 e. The van der Waals surface area contributed by atoms with E-state index in [1.54, 1.807) is 25.3 Å². The number of ether oxygens (including phenoxy) is 4. The summed E-state index contributed by atoms with van der Waals surface area (Å²) in [5.41, 5.74) is 1.44. The van der Waals surface area contributed by atoms with Crippen molar-refractivity contribution in [1.29, 1.82) is 0 Å². The number of fused-ring (bicyclic) bond motifs is 1. The third-order valence-corrected chi connectivity index (χ3v) is 3.68. The fraction of sp³-hybridized carbons (Fsp3) is 0.316. The molecule has 25 heavy (non-hydrogen) atoms. The van der Waals surface area contributed by atoms with E-state index >= 15 is 0 Å². The monoisotopic (exact) mass is 343 g/mol. The third kappa shape index (κ3) is 3.96. The first-order valence-corrected chi connectivity index (χ1v) is 8.08. The highest BCUT2D eigenvalue weighted by atomic mass is 16.7. The minimum absolute atomic E-state index is 0.0274. The number of nitrogens with one attached hydrogen (secondary N) is 1. The van der Waals surface area contributed by atoms with Crippen LogP contribution in [0, 0.1) is 0 Å². The molecule has 0 atom stereocenters. The topological polar surface area (TPSA) is 66.0 Å². The van der Waals surface area contributed by atoms with Crippen LogP contribution in [0.15, 0.2) is 36.4 Å². The van der Waals surface area contributed by atoms with Crippen LogP contribution in [0.25, 0.3) is 0 Å². The molecule has 132 valence electrons. The van der Waals surface area contributed by atoms with E-state index in [1.807, 2.05) is 32.0 Å². The minimum Gasteiger partial charge on any atom is -0.493 e. The molecule has 6 heteroatoms. The van der Waals surface area contributed by atoms with Gasteiger partial charge in [-0.15, -0.1) is 0 Å². The lowest BCUT2D eigenvalue weighted by Gasteiger charge is -2.14. The molecule has 1 aliphatic heterocycles. The average Bonchev–Trinajstić information content (AvgIpc) is 3.07. The van der Waals surface area contributed by atoms with Crippen molar-refractivity contribution in [3.8, 4) is 23.0 Å². The summed E-state index contributed by atoms with van der Waals surface area (Å²) < 4.78 is 21.6. The first-order valence-electron chi connectivity index (χ1n) is 8.08. The fourth-order valence-corrected chi connectivity index (χ4v) is 2.50. The molecule has 0 fully saturated rings. The van der Waals surface area contributed by atoms with Gasteiger partial charge in [0.2, 0.25) is 6.79 Å². The lowest BCUT2D eigenvalue weighted by atomic mass is 10.1. The van der Waals surface area contributed by atoms with Gasteiger partial charge in [0.15, 0.2) is 23.0 Å². The second-order valence-electron chi connectivity index (χ2n) is 5.90. The number of carbonyl (C=O) groups excluding carboxylic acids is 1. The molecule has 0 radical (unpaired) electrons. The van der Waals surface area contributed by atoms with Crippen LogP contribution >= 0.6 is 0 Å². The van der Waals surface area contributed by atoms with Crippen molar-refractivity contribution in [3.05, 3.63) is 47.5 Å². The van der Waals surface area contributed by atoms with Crippen molar-refractivity contribution < 1.29 is 23.7 Å². The van der Waals surface area contributed by atoms with Crippen molar-refractivity contribution in [2.24, 2.45) is 0 Å². The second-order valence-corrected chi connectivity index (χ2v) is 5.90. The minimum atomic E-state index is -0.188. The molecule has 2 aromatic rings. The number of carbonyl (C=O) groups is 1. The lowest BCUT2D eigenvalue weighted by molar-refractivity contribution is 0.0950. The van der Waals surface area contributed by atoms with Crippen molar-refractivity contribution >= 4 is 5.91 Å². The van der Waals surface area contributed by atoms with Gasteiger partial charge < -0.3 is 24.3 Å². The molecule has 0 bridgehead atoms. The lowest BCUT2D eigenvalue weighted by Crippen LogP contribution is -2.22. The van der Waals surface area contributed by atoms with Crippen LogP contribution in [-0.2, 0) is 6.54 Å². The molecule has 2 aromatic carbocycles. The van der Waals surface area contributed by atoms with Crippen molar-refractivity contribution in [3.63, 3.8) is 0 Å². The Kier molecular flexibility index (Phi) is 4.97. The van der Waals surface area contributed by atoms with E-state index in [9.17, 15) is 4.79 Å². The Labute approximate surface area is 146 Å². The van der Waals surface area contributed by atoms with E-state index < -0.39 is 0 Å².